The van der Waals surface area contributed by atoms with Crippen LogP contribution >= 0.6 is 11.6 Å². The minimum absolute atomic E-state index is 0.111. The lowest BCUT2D eigenvalue weighted by molar-refractivity contribution is -0.123. The van der Waals surface area contributed by atoms with Crippen molar-refractivity contribution in [2.24, 2.45) is 17.8 Å². The molecule has 0 saturated heterocycles. The van der Waals surface area contributed by atoms with Gasteiger partial charge in [-0.05, 0) is 55.2 Å². The first-order valence-corrected chi connectivity index (χ1v) is 7.81. The SMILES string of the molecule is CC(C)C1CCC(C(=O)Cc2ccc(Cl)cc2F)CC1. The highest BCUT2D eigenvalue weighted by atomic mass is 35.5. The summed E-state index contributed by atoms with van der Waals surface area (Å²) in [5, 5.41) is 0.371. The summed E-state index contributed by atoms with van der Waals surface area (Å²) in [5.74, 6) is 1.35. The predicted octanol–water partition coefficient (Wildman–Crippen LogP) is 5.05. The average molecular weight is 297 g/mol. The van der Waals surface area contributed by atoms with Crippen LogP contribution in [0, 0.1) is 23.6 Å². The first kappa shape index (κ1) is 15.5. The van der Waals surface area contributed by atoms with Crippen LogP contribution in [0.3, 0.4) is 0 Å². The summed E-state index contributed by atoms with van der Waals surface area (Å²) in [6.07, 6.45) is 4.35. The summed E-state index contributed by atoms with van der Waals surface area (Å²) in [7, 11) is 0. The van der Waals surface area contributed by atoms with Gasteiger partial charge < -0.3 is 0 Å². The second-order valence-electron chi connectivity index (χ2n) is 6.23. The van der Waals surface area contributed by atoms with Crippen molar-refractivity contribution in [2.75, 3.05) is 0 Å². The zero-order chi connectivity index (χ0) is 14.7. The molecule has 20 heavy (non-hydrogen) atoms. The number of Topliss-reactive ketones (excluding diaryl/α,β-unsaturated/α-hetero) is 1. The number of halogens is 2. The third kappa shape index (κ3) is 3.82. The van der Waals surface area contributed by atoms with Crippen LogP contribution in [0.15, 0.2) is 18.2 Å². The van der Waals surface area contributed by atoms with E-state index in [9.17, 15) is 9.18 Å². The van der Waals surface area contributed by atoms with E-state index >= 15 is 0 Å². The molecule has 1 nitrogen and oxygen atoms in total. The molecule has 110 valence electrons. The first-order chi connectivity index (χ1) is 9.47. The van der Waals surface area contributed by atoms with E-state index in [1.807, 2.05) is 0 Å². The van der Waals surface area contributed by atoms with Gasteiger partial charge in [-0.15, -0.1) is 0 Å². The second kappa shape index (κ2) is 6.71. The molecule has 3 heteroatoms. The summed E-state index contributed by atoms with van der Waals surface area (Å²) in [6, 6.07) is 4.54. The maximum Gasteiger partial charge on any atom is 0.140 e. The number of carbonyl (C=O) groups excluding carboxylic acids is 1. The van der Waals surface area contributed by atoms with E-state index in [-0.39, 0.29) is 23.9 Å². The van der Waals surface area contributed by atoms with Crippen molar-refractivity contribution in [3.8, 4) is 0 Å². The third-order valence-electron chi connectivity index (χ3n) is 4.55. The Bertz CT molecular complexity index is 476. The molecule has 0 atom stereocenters. The van der Waals surface area contributed by atoms with Gasteiger partial charge in [0, 0.05) is 17.4 Å². The monoisotopic (exact) mass is 296 g/mol. The molecule has 1 aliphatic rings. The Labute approximate surface area is 125 Å². The Kier molecular flexibility index (Phi) is 5.20. The molecule has 1 saturated carbocycles. The van der Waals surface area contributed by atoms with Gasteiger partial charge in [0.15, 0.2) is 0 Å². The van der Waals surface area contributed by atoms with Crippen LogP contribution in [0.1, 0.15) is 45.1 Å². The van der Waals surface area contributed by atoms with Crippen LogP contribution in [0.4, 0.5) is 4.39 Å². The van der Waals surface area contributed by atoms with Crippen LogP contribution < -0.4 is 0 Å². The molecule has 1 aromatic rings. The lowest BCUT2D eigenvalue weighted by Gasteiger charge is -2.30. The highest BCUT2D eigenvalue weighted by molar-refractivity contribution is 6.30. The Morgan fingerprint density at radius 2 is 1.95 bits per heavy atom. The fourth-order valence-electron chi connectivity index (χ4n) is 3.10. The van der Waals surface area contributed by atoms with Crippen molar-refractivity contribution in [1.29, 1.82) is 0 Å². The molecule has 0 heterocycles. The van der Waals surface area contributed by atoms with Crippen LogP contribution in [-0.2, 0) is 11.2 Å². The van der Waals surface area contributed by atoms with Crippen molar-refractivity contribution in [3.63, 3.8) is 0 Å². The predicted molar refractivity (Wildman–Crippen MR) is 80.4 cm³/mol. The van der Waals surface area contributed by atoms with Crippen molar-refractivity contribution in [2.45, 2.75) is 46.0 Å². The number of benzene rings is 1. The number of hydrogen-bond acceptors (Lipinski definition) is 1. The Morgan fingerprint density at radius 3 is 2.50 bits per heavy atom. The summed E-state index contributed by atoms with van der Waals surface area (Å²) < 4.78 is 13.7. The van der Waals surface area contributed by atoms with Crippen LogP contribution in [0.25, 0.3) is 0 Å². The quantitative estimate of drug-likeness (QED) is 0.759. The number of hydrogen-bond donors (Lipinski definition) is 0. The molecule has 0 radical (unpaired) electrons. The normalized spacial score (nSPS) is 23.1. The average Bonchev–Trinajstić information content (AvgIpc) is 2.42. The summed E-state index contributed by atoms with van der Waals surface area (Å²) >= 11 is 5.72. The van der Waals surface area contributed by atoms with E-state index in [0.717, 1.165) is 31.6 Å². The largest absolute Gasteiger partial charge is 0.299 e. The molecule has 1 fully saturated rings. The molecule has 0 amide bonds. The van der Waals surface area contributed by atoms with Gasteiger partial charge >= 0.3 is 0 Å². The zero-order valence-corrected chi connectivity index (χ0v) is 12.9. The first-order valence-electron chi connectivity index (χ1n) is 7.44. The Hall–Kier alpha value is -0.890. The third-order valence-corrected chi connectivity index (χ3v) is 4.78. The molecule has 0 bridgehead atoms. The van der Waals surface area contributed by atoms with Crippen LogP contribution in [0.5, 0.6) is 0 Å². The highest BCUT2D eigenvalue weighted by Crippen LogP contribution is 2.34. The van der Waals surface area contributed by atoms with E-state index in [1.54, 1.807) is 12.1 Å². The van der Waals surface area contributed by atoms with E-state index in [4.69, 9.17) is 11.6 Å². The van der Waals surface area contributed by atoms with Crippen molar-refractivity contribution in [3.05, 3.63) is 34.6 Å². The molecule has 0 spiro atoms. The van der Waals surface area contributed by atoms with E-state index in [1.165, 1.54) is 6.07 Å². The fourth-order valence-corrected chi connectivity index (χ4v) is 3.26. The molecule has 1 aliphatic carbocycles. The zero-order valence-electron chi connectivity index (χ0n) is 12.2. The van der Waals surface area contributed by atoms with E-state index < -0.39 is 0 Å². The number of ketones is 1. The molecule has 0 aromatic heterocycles. The minimum atomic E-state index is -0.373. The maximum absolute atomic E-state index is 13.7. The molecule has 0 aliphatic heterocycles. The van der Waals surface area contributed by atoms with Gasteiger partial charge in [-0.1, -0.05) is 31.5 Å². The van der Waals surface area contributed by atoms with Gasteiger partial charge in [-0.2, -0.15) is 0 Å². The van der Waals surface area contributed by atoms with Gasteiger partial charge in [-0.3, -0.25) is 4.79 Å². The fraction of sp³-hybridized carbons (Fsp3) is 0.588. The summed E-state index contributed by atoms with van der Waals surface area (Å²) in [4.78, 5) is 12.3. The maximum atomic E-state index is 13.7. The van der Waals surface area contributed by atoms with Gasteiger partial charge in [0.25, 0.3) is 0 Å². The van der Waals surface area contributed by atoms with Crippen molar-refractivity contribution >= 4 is 17.4 Å². The lowest BCUT2D eigenvalue weighted by atomic mass is 9.75. The molecule has 0 unspecified atom stereocenters. The molecule has 2 rings (SSSR count). The molecular weight excluding hydrogens is 275 g/mol. The standard InChI is InChI=1S/C17H22ClFO/c1-11(2)12-3-5-13(6-4-12)17(20)9-14-7-8-15(18)10-16(14)19/h7-8,10-13H,3-6,9H2,1-2H3. The molecular formula is C17H22ClFO. The van der Waals surface area contributed by atoms with E-state index in [2.05, 4.69) is 13.8 Å². The topological polar surface area (TPSA) is 17.1 Å². The van der Waals surface area contributed by atoms with Crippen molar-refractivity contribution in [1.82, 2.24) is 0 Å². The van der Waals surface area contributed by atoms with Crippen molar-refractivity contribution < 1.29 is 9.18 Å². The van der Waals surface area contributed by atoms with Gasteiger partial charge in [0.05, 0.1) is 0 Å². The van der Waals surface area contributed by atoms with Gasteiger partial charge in [-0.25, -0.2) is 4.39 Å². The van der Waals surface area contributed by atoms with E-state index in [0.29, 0.717) is 16.5 Å². The summed E-state index contributed by atoms with van der Waals surface area (Å²) in [6.45, 7) is 4.49. The van der Waals surface area contributed by atoms with Crippen LogP contribution in [-0.4, -0.2) is 5.78 Å². The lowest BCUT2D eigenvalue weighted by Crippen LogP contribution is -2.25. The Balaban J connectivity index is 1.93. The second-order valence-corrected chi connectivity index (χ2v) is 6.67. The molecule has 0 N–H and O–H groups in total. The molecule has 1 aromatic carbocycles. The van der Waals surface area contributed by atoms with Gasteiger partial charge in [0.1, 0.15) is 11.6 Å². The Morgan fingerprint density at radius 1 is 1.30 bits per heavy atom. The number of carbonyl (C=O) groups is 1. The van der Waals surface area contributed by atoms with Gasteiger partial charge in [0.2, 0.25) is 0 Å². The van der Waals surface area contributed by atoms with Crippen LogP contribution in [0.2, 0.25) is 5.02 Å². The number of rotatable bonds is 4. The smallest absolute Gasteiger partial charge is 0.140 e. The minimum Gasteiger partial charge on any atom is -0.299 e. The highest BCUT2D eigenvalue weighted by Gasteiger charge is 2.27. The summed E-state index contributed by atoms with van der Waals surface area (Å²) in [5.41, 5.74) is 0.463.